The lowest BCUT2D eigenvalue weighted by Crippen LogP contribution is -2.19. The van der Waals surface area contributed by atoms with Crippen LogP contribution in [0.3, 0.4) is 0 Å². The van der Waals surface area contributed by atoms with E-state index in [1.807, 2.05) is 43.3 Å². The number of anilines is 2. The first-order chi connectivity index (χ1) is 19.5. The van der Waals surface area contributed by atoms with Crippen molar-refractivity contribution in [3.8, 4) is 0 Å². The van der Waals surface area contributed by atoms with E-state index in [1.165, 1.54) is 11.8 Å². The molecule has 12 heteroatoms. The summed E-state index contributed by atoms with van der Waals surface area (Å²) >= 11 is 31.8. The lowest BCUT2D eigenvalue weighted by atomic mass is 10.1. The molecule has 210 valence electrons. The Hall–Kier alpha value is -2.91. The monoisotopic (exact) mass is 666 g/mol. The van der Waals surface area contributed by atoms with Crippen molar-refractivity contribution in [2.75, 3.05) is 10.6 Å². The standard InChI is InChI=1S/C29H19Cl5N2O4S/c1-14-7-8-17(13-19(14)30)36-28(38)26(15-5-3-2-4-6-15)41-18-11-9-16(10-12-18)35-27(37)20-21(29(39)40)23(32)25(34)24(33)22(20)31/h2-13,26H,1H3,(H,35,37)(H,36,38)(H,39,40). The summed E-state index contributed by atoms with van der Waals surface area (Å²) in [5.41, 5.74) is 1.61. The Morgan fingerprint density at radius 2 is 1.32 bits per heavy atom. The third-order valence-electron chi connectivity index (χ3n) is 5.85. The zero-order chi connectivity index (χ0) is 29.8. The van der Waals surface area contributed by atoms with Gasteiger partial charge in [0.15, 0.2) is 0 Å². The number of rotatable bonds is 8. The molecule has 0 saturated carbocycles. The van der Waals surface area contributed by atoms with Gasteiger partial charge in [-0.1, -0.05) is 94.4 Å². The molecule has 6 nitrogen and oxygen atoms in total. The van der Waals surface area contributed by atoms with Gasteiger partial charge in [0.2, 0.25) is 5.91 Å². The first-order valence-corrected chi connectivity index (χ1v) is 14.5. The number of benzene rings is 4. The minimum atomic E-state index is -1.49. The van der Waals surface area contributed by atoms with Crippen molar-refractivity contribution in [1.29, 1.82) is 0 Å². The van der Waals surface area contributed by atoms with E-state index in [2.05, 4.69) is 10.6 Å². The molecule has 4 rings (SSSR count). The number of carboxylic acids is 1. The topological polar surface area (TPSA) is 95.5 Å². The highest BCUT2D eigenvalue weighted by Gasteiger charge is 2.29. The van der Waals surface area contributed by atoms with Crippen molar-refractivity contribution in [3.63, 3.8) is 0 Å². The highest BCUT2D eigenvalue weighted by molar-refractivity contribution is 8.00. The molecule has 4 aromatic rings. The Morgan fingerprint density at radius 3 is 1.90 bits per heavy atom. The molecule has 1 unspecified atom stereocenters. The third kappa shape index (κ3) is 7.12. The van der Waals surface area contributed by atoms with Crippen LogP contribution in [0.2, 0.25) is 25.1 Å². The Kier molecular flexibility index (Phi) is 10.1. The van der Waals surface area contributed by atoms with Crippen molar-refractivity contribution < 1.29 is 19.5 Å². The highest BCUT2D eigenvalue weighted by atomic mass is 35.5. The van der Waals surface area contributed by atoms with Crippen LogP contribution in [0.4, 0.5) is 11.4 Å². The molecule has 0 saturated heterocycles. The van der Waals surface area contributed by atoms with Gasteiger partial charge in [0.05, 0.1) is 31.2 Å². The number of carbonyl (C=O) groups excluding carboxylic acids is 2. The van der Waals surface area contributed by atoms with Crippen LogP contribution in [0, 0.1) is 6.92 Å². The van der Waals surface area contributed by atoms with Crippen molar-refractivity contribution in [1.82, 2.24) is 0 Å². The molecule has 0 fully saturated rings. The van der Waals surface area contributed by atoms with Crippen LogP contribution in [0.25, 0.3) is 0 Å². The van der Waals surface area contributed by atoms with Crippen LogP contribution >= 0.6 is 69.8 Å². The molecular weight excluding hydrogens is 650 g/mol. The van der Waals surface area contributed by atoms with Crippen LogP contribution in [-0.2, 0) is 4.79 Å². The van der Waals surface area contributed by atoms with Gasteiger partial charge in [-0.25, -0.2) is 4.79 Å². The van der Waals surface area contributed by atoms with E-state index in [9.17, 15) is 19.5 Å². The van der Waals surface area contributed by atoms with Gasteiger partial charge in [-0.3, -0.25) is 9.59 Å². The van der Waals surface area contributed by atoms with Gasteiger partial charge in [0.1, 0.15) is 5.25 Å². The minimum absolute atomic E-state index is 0.238. The van der Waals surface area contributed by atoms with E-state index < -0.39 is 33.3 Å². The summed E-state index contributed by atoms with van der Waals surface area (Å²) in [4.78, 5) is 38.9. The quantitative estimate of drug-likeness (QED) is 0.0987. The summed E-state index contributed by atoms with van der Waals surface area (Å²) in [6.45, 7) is 1.88. The fourth-order valence-electron chi connectivity index (χ4n) is 3.77. The van der Waals surface area contributed by atoms with Crippen LogP contribution in [0.15, 0.2) is 77.7 Å². The zero-order valence-corrected chi connectivity index (χ0v) is 25.6. The lowest BCUT2D eigenvalue weighted by Gasteiger charge is -2.18. The summed E-state index contributed by atoms with van der Waals surface area (Å²) in [7, 11) is 0. The number of aromatic carboxylic acids is 1. The van der Waals surface area contributed by atoms with Gasteiger partial charge in [-0.05, 0) is 54.4 Å². The average Bonchev–Trinajstić information content (AvgIpc) is 2.95. The molecule has 0 aromatic heterocycles. The average molecular weight is 669 g/mol. The number of carbonyl (C=O) groups is 3. The summed E-state index contributed by atoms with van der Waals surface area (Å²) in [5.74, 6) is -2.58. The lowest BCUT2D eigenvalue weighted by molar-refractivity contribution is -0.115. The molecular formula is C29H19Cl5N2O4S. The summed E-state index contributed by atoms with van der Waals surface area (Å²) in [5, 5.41) is 13.8. The van der Waals surface area contributed by atoms with E-state index in [1.54, 1.807) is 36.4 Å². The van der Waals surface area contributed by atoms with E-state index in [-0.39, 0.29) is 21.0 Å². The fraction of sp³-hybridized carbons (Fsp3) is 0.0690. The largest absolute Gasteiger partial charge is 0.478 e. The second-order valence-electron chi connectivity index (χ2n) is 8.65. The van der Waals surface area contributed by atoms with E-state index in [0.29, 0.717) is 16.4 Å². The Bertz CT molecular complexity index is 1650. The molecule has 0 spiro atoms. The number of nitrogens with one attached hydrogen (secondary N) is 2. The molecule has 0 heterocycles. The Balaban J connectivity index is 1.56. The molecule has 0 aliphatic rings. The second kappa shape index (κ2) is 13.4. The number of hydrogen-bond donors (Lipinski definition) is 3. The Labute approximate surface area is 264 Å². The molecule has 41 heavy (non-hydrogen) atoms. The number of amides is 2. The van der Waals surface area contributed by atoms with Gasteiger partial charge in [0.25, 0.3) is 5.91 Å². The molecule has 2 amide bonds. The first-order valence-electron chi connectivity index (χ1n) is 11.8. The number of hydrogen-bond acceptors (Lipinski definition) is 4. The zero-order valence-electron chi connectivity index (χ0n) is 21.0. The molecule has 0 aliphatic heterocycles. The second-order valence-corrected chi connectivity index (χ2v) is 11.7. The summed E-state index contributed by atoms with van der Waals surface area (Å²) in [6, 6.07) is 21.2. The van der Waals surface area contributed by atoms with E-state index in [4.69, 9.17) is 58.0 Å². The van der Waals surface area contributed by atoms with Crippen LogP contribution < -0.4 is 10.6 Å². The number of aryl methyl sites for hydroxylation is 1. The normalized spacial score (nSPS) is 11.6. The number of thioether (sulfide) groups is 1. The maximum absolute atomic E-state index is 13.4. The molecule has 0 aliphatic carbocycles. The molecule has 0 bridgehead atoms. The van der Waals surface area contributed by atoms with E-state index in [0.717, 1.165) is 16.0 Å². The predicted octanol–water partition coefficient (Wildman–Crippen LogP) is 9.68. The number of halogens is 5. The highest BCUT2D eigenvalue weighted by Crippen LogP contribution is 2.42. The molecule has 1 atom stereocenters. The summed E-state index contributed by atoms with van der Waals surface area (Å²) in [6.07, 6.45) is 0. The van der Waals surface area contributed by atoms with Gasteiger partial charge in [-0.2, -0.15) is 0 Å². The van der Waals surface area contributed by atoms with Crippen LogP contribution in [-0.4, -0.2) is 22.9 Å². The fourth-order valence-corrected chi connectivity index (χ4v) is 6.00. The summed E-state index contributed by atoms with van der Waals surface area (Å²) < 4.78 is 0. The van der Waals surface area contributed by atoms with Gasteiger partial charge >= 0.3 is 5.97 Å². The third-order valence-corrected chi connectivity index (χ3v) is 9.33. The Morgan fingerprint density at radius 1 is 0.732 bits per heavy atom. The smallest absolute Gasteiger partial charge is 0.338 e. The minimum Gasteiger partial charge on any atom is -0.478 e. The van der Waals surface area contributed by atoms with E-state index >= 15 is 0 Å². The van der Waals surface area contributed by atoms with Crippen LogP contribution in [0.1, 0.15) is 37.1 Å². The SMILES string of the molecule is Cc1ccc(NC(=O)C(Sc2ccc(NC(=O)c3c(Cl)c(Cl)c(Cl)c(Cl)c3C(=O)O)cc2)c2ccccc2)cc1Cl. The molecule has 4 aromatic carbocycles. The molecule has 3 N–H and O–H groups in total. The molecule has 0 radical (unpaired) electrons. The van der Waals surface area contributed by atoms with Crippen molar-refractivity contribution >= 4 is 98.9 Å². The number of carboxylic acid groups (broad SMARTS) is 1. The first kappa shape index (κ1) is 31.0. The van der Waals surface area contributed by atoms with Crippen molar-refractivity contribution in [3.05, 3.63) is 120 Å². The van der Waals surface area contributed by atoms with Gasteiger partial charge < -0.3 is 15.7 Å². The van der Waals surface area contributed by atoms with Gasteiger partial charge in [0, 0.05) is 21.3 Å². The van der Waals surface area contributed by atoms with Crippen molar-refractivity contribution in [2.24, 2.45) is 0 Å². The van der Waals surface area contributed by atoms with Crippen molar-refractivity contribution in [2.45, 2.75) is 17.1 Å². The predicted molar refractivity (Wildman–Crippen MR) is 168 cm³/mol. The maximum Gasteiger partial charge on any atom is 0.338 e. The van der Waals surface area contributed by atoms with Crippen LogP contribution in [0.5, 0.6) is 0 Å². The van der Waals surface area contributed by atoms with Gasteiger partial charge in [-0.15, -0.1) is 11.8 Å². The maximum atomic E-state index is 13.4.